The van der Waals surface area contributed by atoms with Gasteiger partial charge in [-0.25, -0.2) is 0 Å². The summed E-state index contributed by atoms with van der Waals surface area (Å²) < 4.78 is 6.51. The van der Waals surface area contributed by atoms with Gasteiger partial charge in [0.05, 0.1) is 17.7 Å². The predicted octanol–water partition coefficient (Wildman–Crippen LogP) is 4.12. The van der Waals surface area contributed by atoms with Crippen LogP contribution in [-0.4, -0.2) is 12.2 Å². The van der Waals surface area contributed by atoms with E-state index in [-0.39, 0.29) is 5.41 Å². The summed E-state index contributed by atoms with van der Waals surface area (Å²) in [6.07, 6.45) is 2.97. The molecule has 1 aromatic carbocycles. The van der Waals surface area contributed by atoms with Gasteiger partial charge >= 0.3 is 0 Å². The van der Waals surface area contributed by atoms with Crippen molar-refractivity contribution in [1.29, 1.82) is 0 Å². The van der Waals surface area contributed by atoms with Gasteiger partial charge in [0.2, 0.25) is 0 Å². The van der Waals surface area contributed by atoms with Crippen LogP contribution in [-0.2, 0) is 11.8 Å². The summed E-state index contributed by atoms with van der Waals surface area (Å²) in [5.74, 6) is 0.777. The topological polar surface area (TPSA) is 29.5 Å². The van der Waals surface area contributed by atoms with Gasteiger partial charge in [-0.15, -0.1) is 0 Å². The van der Waals surface area contributed by atoms with Crippen molar-refractivity contribution in [3.8, 4) is 5.75 Å². The van der Waals surface area contributed by atoms with Crippen molar-refractivity contribution < 1.29 is 9.84 Å². The molecule has 100 valence electrons. The minimum absolute atomic E-state index is 0.164. The van der Waals surface area contributed by atoms with Crippen LogP contribution in [0.5, 0.6) is 5.75 Å². The first kappa shape index (κ1) is 13.9. The quantitative estimate of drug-likeness (QED) is 0.890. The largest absolute Gasteiger partial charge is 0.495 e. The first-order valence-electron chi connectivity index (χ1n) is 6.46. The summed E-state index contributed by atoms with van der Waals surface area (Å²) in [5.41, 5.74) is 3.72. The van der Waals surface area contributed by atoms with Gasteiger partial charge in [-0.3, -0.25) is 0 Å². The first-order valence-corrected chi connectivity index (χ1v) is 7.25. The molecular weight excluding hydrogens is 292 g/mol. The summed E-state index contributed by atoms with van der Waals surface area (Å²) in [6.45, 7) is 6.33. The molecule has 1 N–H and O–H groups in total. The Kier molecular flexibility index (Phi) is 3.75. The second kappa shape index (κ2) is 4.86. The van der Waals surface area contributed by atoms with Gasteiger partial charge in [-0.2, -0.15) is 0 Å². The maximum absolute atomic E-state index is 9.89. The van der Waals surface area contributed by atoms with Crippen molar-refractivity contribution in [3.05, 3.63) is 27.2 Å². The molecule has 0 spiro atoms. The van der Waals surface area contributed by atoms with Crippen LogP contribution in [0.3, 0.4) is 0 Å². The fourth-order valence-electron chi connectivity index (χ4n) is 3.00. The highest BCUT2D eigenvalue weighted by atomic mass is 79.9. The molecule has 0 amide bonds. The monoisotopic (exact) mass is 312 g/mol. The lowest BCUT2D eigenvalue weighted by molar-refractivity contribution is 0.193. The fourth-order valence-corrected chi connectivity index (χ4v) is 4.18. The number of hydrogen-bond acceptors (Lipinski definition) is 2. The molecule has 0 bridgehead atoms. The smallest absolute Gasteiger partial charge is 0.139 e. The molecule has 0 radical (unpaired) electrons. The van der Waals surface area contributed by atoms with Crippen molar-refractivity contribution in [2.24, 2.45) is 0 Å². The van der Waals surface area contributed by atoms with Crippen LogP contribution in [0.25, 0.3) is 0 Å². The van der Waals surface area contributed by atoms with Crippen molar-refractivity contribution in [2.75, 3.05) is 7.11 Å². The van der Waals surface area contributed by atoms with Crippen molar-refractivity contribution in [3.63, 3.8) is 0 Å². The lowest BCUT2D eigenvalue weighted by atomic mass is 9.72. The highest BCUT2D eigenvalue weighted by Gasteiger charge is 2.32. The summed E-state index contributed by atoms with van der Waals surface area (Å²) in [6, 6.07) is 2.12. The molecule has 2 rings (SSSR count). The van der Waals surface area contributed by atoms with Crippen LogP contribution in [0.4, 0.5) is 0 Å². The number of benzene rings is 1. The van der Waals surface area contributed by atoms with Gasteiger partial charge in [0.25, 0.3) is 0 Å². The Bertz CT molecular complexity index is 464. The standard InChI is InChI=1S/C15H21BrO2/c1-9(17)11-8-10-6-5-7-15(2,3)12(10)13(16)14(11)18-4/h8-9,17H,5-7H2,1-4H3. The van der Waals surface area contributed by atoms with Gasteiger partial charge in [0, 0.05) is 5.56 Å². The Morgan fingerprint density at radius 2 is 2.11 bits per heavy atom. The Balaban J connectivity index is 2.70. The van der Waals surface area contributed by atoms with E-state index in [0.717, 1.165) is 22.2 Å². The van der Waals surface area contributed by atoms with Crippen molar-refractivity contribution in [2.45, 2.75) is 51.6 Å². The van der Waals surface area contributed by atoms with Gasteiger partial charge in [-0.05, 0) is 64.7 Å². The zero-order chi connectivity index (χ0) is 13.5. The summed E-state index contributed by atoms with van der Waals surface area (Å²) in [4.78, 5) is 0. The molecule has 18 heavy (non-hydrogen) atoms. The van der Waals surface area contributed by atoms with Crippen LogP contribution < -0.4 is 4.74 Å². The van der Waals surface area contributed by atoms with Crippen LogP contribution in [0, 0.1) is 0 Å². The molecule has 0 saturated carbocycles. The predicted molar refractivity (Wildman–Crippen MR) is 77.3 cm³/mol. The van der Waals surface area contributed by atoms with E-state index >= 15 is 0 Å². The molecule has 0 fully saturated rings. The third-order valence-electron chi connectivity index (χ3n) is 3.91. The molecule has 1 aromatic rings. The molecule has 1 unspecified atom stereocenters. The SMILES string of the molecule is COc1c(C(C)O)cc2c(c1Br)C(C)(C)CCC2. The van der Waals surface area contributed by atoms with Gasteiger partial charge in [-0.1, -0.05) is 13.8 Å². The Morgan fingerprint density at radius 3 is 2.67 bits per heavy atom. The number of aliphatic hydroxyl groups is 1. The highest BCUT2D eigenvalue weighted by molar-refractivity contribution is 9.10. The van der Waals surface area contributed by atoms with E-state index in [4.69, 9.17) is 4.74 Å². The van der Waals surface area contributed by atoms with Crippen LogP contribution >= 0.6 is 15.9 Å². The number of rotatable bonds is 2. The molecule has 3 heteroatoms. The number of hydrogen-bond donors (Lipinski definition) is 1. The van der Waals surface area contributed by atoms with E-state index in [0.29, 0.717) is 0 Å². The van der Waals surface area contributed by atoms with E-state index in [2.05, 4.69) is 35.8 Å². The normalized spacial score (nSPS) is 19.2. The molecule has 1 atom stereocenters. The molecule has 0 saturated heterocycles. The minimum Gasteiger partial charge on any atom is -0.495 e. The van der Waals surface area contributed by atoms with Gasteiger partial charge < -0.3 is 9.84 Å². The molecule has 1 aliphatic carbocycles. The highest BCUT2D eigenvalue weighted by Crippen LogP contribution is 2.47. The molecule has 2 nitrogen and oxygen atoms in total. The fraction of sp³-hybridized carbons (Fsp3) is 0.600. The minimum atomic E-state index is -0.508. The van der Waals surface area contributed by atoms with E-state index in [1.165, 1.54) is 24.0 Å². The van der Waals surface area contributed by atoms with E-state index in [1.54, 1.807) is 14.0 Å². The number of ether oxygens (including phenoxy) is 1. The van der Waals surface area contributed by atoms with Crippen molar-refractivity contribution >= 4 is 15.9 Å². The van der Waals surface area contributed by atoms with Crippen LogP contribution in [0.2, 0.25) is 0 Å². The van der Waals surface area contributed by atoms with E-state index in [1.807, 2.05) is 0 Å². The lowest BCUT2D eigenvalue weighted by Crippen LogP contribution is -2.25. The number of aliphatic hydroxyl groups excluding tert-OH is 1. The second-order valence-corrected chi connectivity index (χ2v) is 6.55. The Morgan fingerprint density at radius 1 is 1.44 bits per heavy atom. The summed E-state index contributed by atoms with van der Waals surface area (Å²) >= 11 is 3.69. The summed E-state index contributed by atoms with van der Waals surface area (Å²) in [7, 11) is 1.66. The van der Waals surface area contributed by atoms with Crippen LogP contribution in [0.15, 0.2) is 10.5 Å². The number of methoxy groups -OCH3 is 1. The maximum Gasteiger partial charge on any atom is 0.139 e. The molecule has 0 aliphatic heterocycles. The maximum atomic E-state index is 9.89. The zero-order valence-corrected chi connectivity index (χ0v) is 13.1. The van der Waals surface area contributed by atoms with Gasteiger partial charge in [0.1, 0.15) is 5.75 Å². The van der Waals surface area contributed by atoms with Crippen LogP contribution in [0.1, 0.15) is 56.4 Å². The summed E-state index contributed by atoms with van der Waals surface area (Å²) in [5, 5.41) is 9.89. The Labute approximate surface area is 117 Å². The van der Waals surface area contributed by atoms with E-state index < -0.39 is 6.10 Å². The molecule has 0 heterocycles. The zero-order valence-electron chi connectivity index (χ0n) is 11.5. The first-order chi connectivity index (χ1) is 8.38. The van der Waals surface area contributed by atoms with Crippen molar-refractivity contribution in [1.82, 2.24) is 0 Å². The van der Waals surface area contributed by atoms with E-state index in [9.17, 15) is 5.11 Å². The number of halogens is 1. The Hall–Kier alpha value is -0.540. The number of aryl methyl sites for hydroxylation is 1. The number of fused-ring (bicyclic) bond motifs is 1. The second-order valence-electron chi connectivity index (χ2n) is 5.76. The third-order valence-corrected chi connectivity index (χ3v) is 4.67. The molecule has 1 aliphatic rings. The molecular formula is C15H21BrO2. The van der Waals surface area contributed by atoms with Gasteiger partial charge in [0.15, 0.2) is 0 Å². The third kappa shape index (κ3) is 2.19. The average Bonchev–Trinajstić information content (AvgIpc) is 2.27. The average molecular weight is 313 g/mol. The lowest BCUT2D eigenvalue weighted by Gasteiger charge is -2.35. The molecule has 0 aromatic heterocycles.